The molecule has 1 aliphatic heterocycles. The number of allylic oxidation sites excluding steroid dienone is 3. The Hall–Kier alpha value is -2.62. The van der Waals surface area contributed by atoms with Gasteiger partial charge in [-0.2, -0.15) is 0 Å². The van der Waals surface area contributed by atoms with Crippen molar-refractivity contribution < 1.29 is 39.2 Å². The molecule has 0 aromatic rings. The van der Waals surface area contributed by atoms with Crippen LogP contribution < -0.4 is 5.32 Å². The zero-order valence-corrected chi connectivity index (χ0v) is 21.7. The van der Waals surface area contributed by atoms with E-state index in [1.54, 1.807) is 45.1 Å². The summed E-state index contributed by atoms with van der Waals surface area (Å²) in [7, 11) is 1.46. The number of ether oxygens (including phenoxy) is 1. The largest absolute Gasteiger partial charge is 0.478 e. The number of nitrogens with one attached hydrogen (secondary N) is 1. The summed E-state index contributed by atoms with van der Waals surface area (Å²) in [6.45, 7) is 5.18. The van der Waals surface area contributed by atoms with Gasteiger partial charge in [-0.05, 0) is 44.1 Å². The summed E-state index contributed by atoms with van der Waals surface area (Å²) in [4.78, 5) is 46.0. The predicted molar refractivity (Wildman–Crippen MR) is 135 cm³/mol. The summed E-state index contributed by atoms with van der Waals surface area (Å²) in [5.41, 5.74) is 0.578. The molecule has 1 fully saturated rings. The van der Waals surface area contributed by atoms with Crippen LogP contribution in [0.1, 0.15) is 65.7 Å². The molecule has 0 radical (unpaired) electrons. The Bertz CT molecular complexity index is 831. The van der Waals surface area contributed by atoms with Crippen LogP contribution in [-0.4, -0.2) is 64.3 Å². The molecule has 1 aliphatic rings. The first kappa shape index (κ1) is 31.4. The molecule has 9 nitrogen and oxygen atoms in total. The number of carboxylic acid groups (broad SMARTS) is 1. The highest BCUT2D eigenvalue weighted by Gasteiger charge is 2.30. The molecule has 36 heavy (non-hydrogen) atoms. The minimum absolute atomic E-state index is 0.0102. The molecule has 0 unspecified atom stereocenters. The molecule has 1 rings (SSSR count). The second-order valence-corrected chi connectivity index (χ2v) is 9.54. The van der Waals surface area contributed by atoms with Crippen molar-refractivity contribution in [2.24, 2.45) is 17.8 Å². The molecule has 0 saturated carbocycles. The van der Waals surface area contributed by atoms with Gasteiger partial charge < -0.3 is 20.1 Å². The summed E-state index contributed by atoms with van der Waals surface area (Å²) < 4.78 is 5.36. The van der Waals surface area contributed by atoms with Crippen LogP contribution in [0.3, 0.4) is 0 Å². The number of carboxylic acids is 1. The SMILES string of the molecule is CO[C@@H](/C=C/CC/C=C/C(=O)O)[C@H](O)[C@H](C)[C@@H](O)/C(C)=C/[C@@H](C)C(=O)CCCC1CC(=O)NC(=O)C1. The molecule has 4 N–H and O–H groups in total. The third-order valence-corrected chi connectivity index (χ3v) is 6.48. The van der Waals surface area contributed by atoms with E-state index in [1.165, 1.54) is 7.11 Å². The van der Waals surface area contributed by atoms with Crippen molar-refractivity contribution in [3.63, 3.8) is 0 Å². The third kappa shape index (κ3) is 11.4. The molecule has 0 aromatic carbocycles. The predicted octanol–water partition coefficient (Wildman–Crippen LogP) is 2.71. The zero-order valence-electron chi connectivity index (χ0n) is 21.7. The number of unbranched alkanes of at least 4 members (excludes halogenated alkanes) is 1. The smallest absolute Gasteiger partial charge is 0.327 e. The molecule has 0 aromatic heterocycles. The standard InChI is InChI=1S/C27H41NO8/c1-17(21(29)11-9-10-20-15-23(30)28-24(31)16-20)14-18(2)26(34)19(3)27(35)22(36-4)12-7-5-6-8-13-25(32)33/h7-8,12-14,17,19-20,22,26-27,34-35H,5-6,9-11,15-16H2,1-4H3,(H,32,33)(H,28,30,31)/b12-7+,13-8+,18-14+/t17-,19-,22+,26+,27-/m1/s1. The van der Waals surface area contributed by atoms with Crippen LogP contribution in [0, 0.1) is 17.8 Å². The number of carbonyl (C=O) groups excluding carboxylic acids is 3. The fourth-order valence-electron chi connectivity index (χ4n) is 4.28. The number of rotatable bonds is 16. The molecule has 9 heteroatoms. The quantitative estimate of drug-likeness (QED) is 0.108. The number of aliphatic hydroxyl groups excluding tert-OH is 2. The summed E-state index contributed by atoms with van der Waals surface area (Å²) in [5.74, 6) is -2.54. The number of piperidine rings is 1. The van der Waals surface area contributed by atoms with Crippen LogP contribution >= 0.6 is 0 Å². The number of amides is 2. The Morgan fingerprint density at radius 3 is 2.31 bits per heavy atom. The highest BCUT2D eigenvalue weighted by atomic mass is 16.5. The van der Waals surface area contributed by atoms with Crippen LogP contribution in [0.4, 0.5) is 0 Å². The fraction of sp³-hybridized carbons (Fsp3) is 0.630. The maximum absolute atomic E-state index is 12.6. The van der Waals surface area contributed by atoms with E-state index in [-0.39, 0.29) is 23.5 Å². The molecular weight excluding hydrogens is 466 g/mol. The van der Waals surface area contributed by atoms with Crippen LogP contribution in [0.2, 0.25) is 0 Å². The van der Waals surface area contributed by atoms with Gasteiger partial charge in [0.05, 0.1) is 12.2 Å². The highest BCUT2D eigenvalue weighted by Crippen LogP contribution is 2.23. The van der Waals surface area contributed by atoms with E-state index in [2.05, 4.69) is 5.32 Å². The Labute approximate surface area is 213 Å². The number of carbonyl (C=O) groups is 4. The van der Waals surface area contributed by atoms with E-state index in [0.717, 1.165) is 6.08 Å². The van der Waals surface area contributed by atoms with Gasteiger partial charge in [-0.15, -0.1) is 0 Å². The topological polar surface area (TPSA) is 150 Å². The molecule has 1 saturated heterocycles. The molecule has 202 valence electrons. The number of aliphatic hydroxyl groups is 2. The molecular formula is C27H41NO8. The monoisotopic (exact) mass is 507 g/mol. The molecule has 0 aliphatic carbocycles. The lowest BCUT2D eigenvalue weighted by Gasteiger charge is -2.29. The lowest BCUT2D eigenvalue weighted by Crippen LogP contribution is -2.39. The van der Waals surface area contributed by atoms with Gasteiger partial charge in [0.1, 0.15) is 11.9 Å². The van der Waals surface area contributed by atoms with Crippen LogP contribution in [0.15, 0.2) is 36.0 Å². The van der Waals surface area contributed by atoms with E-state index in [4.69, 9.17) is 9.84 Å². The second-order valence-electron chi connectivity index (χ2n) is 9.54. The number of ketones is 1. The Kier molecular flexibility index (Phi) is 14.1. The third-order valence-electron chi connectivity index (χ3n) is 6.48. The molecule has 2 amide bonds. The normalized spacial score (nSPS) is 19.8. The maximum atomic E-state index is 12.6. The van der Waals surface area contributed by atoms with E-state index < -0.39 is 36.1 Å². The highest BCUT2D eigenvalue weighted by molar-refractivity contribution is 5.97. The average Bonchev–Trinajstić information content (AvgIpc) is 2.81. The number of methoxy groups -OCH3 is 1. The van der Waals surface area contributed by atoms with Crippen molar-refractivity contribution in [2.45, 2.75) is 84.0 Å². The number of aliphatic carboxylic acids is 1. The summed E-state index contributed by atoms with van der Waals surface area (Å²) >= 11 is 0. The van der Waals surface area contributed by atoms with Gasteiger partial charge in [0, 0.05) is 44.3 Å². The summed E-state index contributed by atoms with van der Waals surface area (Å²) in [6.07, 6.45) is 8.46. The molecule has 5 atom stereocenters. The van der Waals surface area contributed by atoms with Crippen LogP contribution in [-0.2, 0) is 23.9 Å². The van der Waals surface area contributed by atoms with Crippen molar-refractivity contribution in [3.05, 3.63) is 36.0 Å². The van der Waals surface area contributed by atoms with Crippen LogP contribution in [0.25, 0.3) is 0 Å². The second kappa shape index (κ2) is 16.2. The van der Waals surface area contributed by atoms with Gasteiger partial charge >= 0.3 is 5.97 Å². The Morgan fingerprint density at radius 1 is 1.11 bits per heavy atom. The number of hydrogen-bond acceptors (Lipinski definition) is 7. The van der Waals surface area contributed by atoms with Gasteiger partial charge in [-0.1, -0.05) is 38.2 Å². The van der Waals surface area contributed by atoms with Gasteiger partial charge in [0.25, 0.3) is 0 Å². The number of imide groups is 1. The van der Waals surface area contributed by atoms with E-state index in [9.17, 15) is 29.4 Å². The average molecular weight is 508 g/mol. The van der Waals surface area contributed by atoms with Gasteiger partial charge in [-0.3, -0.25) is 19.7 Å². The van der Waals surface area contributed by atoms with E-state index in [0.29, 0.717) is 50.5 Å². The fourth-order valence-corrected chi connectivity index (χ4v) is 4.28. The number of Topliss-reactive ketones (excluding diaryl/α,β-unsaturated/α-hetero) is 1. The first-order valence-electron chi connectivity index (χ1n) is 12.4. The zero-order chi connectivity index (χ0) is 27.3. The minimum Gasteiger partial charge on any atom is -0.478 e. The van der Waals surface area contributed by atoms with Gasteiger partial charge in [-0.25, -0.2) is 4.79 Å². The molecule has 1 heterocycles. The first-order chi connectivity index (χ1) is 17.0. The first-order valence-corrected chi connectivity index (χ1v) is 12.4. The van der Waals surface area contributed by atoms with Crippen molar-refractivity contribution in [1.29, 1.82) is 0 Å². The number of hydrogen-bond donors (Lipinski definition) is 4. The van der Waals surface area contributed by atoms with Gasteiger partial charge in [0.15, 0.2) is 0 Å². The Balaban J connectivity index is 2.57. The van der Waals surface area contributed by atoms with Crippen molar-refractivity contribution in [2.75, 3.05) is 7.11 Å². The molecule has 0 spiro atoms. The summed E-state index contributed by atoms with van der Waals surface area (Å²) in [5, 5.41) is 32.4. The van der Waals surface area contributed by atoms with Crippen LogP contribution in [0.5, 0.6) is 0 Å². The van der Waals surface area contributed by atoms with E-state index in [1.807, 2.05) is 0 Å². The maximum Gasteiger partial charge on any atom is 0.327 e. The minimum atomic E-state index is -1.00. The lowest BCUT2D eigenvalue weighted by atomic mass is 9.87. The molecule has 0 bridgehead atoms. The summed E-state index contributed by atoms with van der Waals surface area (Å²) in [6, 6.07) is 0. The van der Waals surface area contributed by atoms with Crippen molar-refractivity contribution >= 4 is 23.6 Å². The van der Waals surface area contributed by atoms with Crippen molar-refractivity contribution in [3.8, 4) is 0 Å². The van der Waals surface area contributed by atoms with Crippen molar-refractivity contribution in [1.82, 2.24) is 5.32 Å². The Morgan fingerprint density at radius 2 is 1.72 bits per heavy atom. The lowest BCUT2D eigenvalue weighted by molar-refractivity contribution is -0.135. The van der Waals surface area contributed by atoms with E-state index >= 15 is 0 Å². The van der Waals surface area contributed by atoms with Gasteiger partial charge in [0.2, 0.25) is 11.8 Å².